The first-order valence-electron chi connectivity index (χ1n) is 6.77. The number of hydrogen-bond acceptors (Lipinski definition) is 3. The number of nitrogens with zero attached hydrogens (tertiary/aromatic N) is 1. The Morgan fingerprint density at radius 3 is 2.38 bits per heavy atom. The summed E-state index contributed by atoms with van der Waals surface area (Å²) in [6.07, 6.45) is 3.36. The Morgan fingerprint density at radius 1 is 1.25 bits per heavy atom. The average molecular weight is 230 g/mol. The first-order chi connectivity index (χ1) is 7.69. The van der Waals surface area contributed by atoms with Gasteiger partial charge in [-0.2, -0.15) is 0 Å². The van der Waals surface area contributed by atoms with Crippen molar-refractivity contribution in [3.05, 3.63) is 0 Å². The minimum Gasteiger partial charge on any atom is -0.395 e. The molecule has 0 aliphatic heterocycles. The molecule has 3 heteroatoms. The van der Waals surface area contributed by atoms with Crippen LogP contribution in [-0.2, 0) is 0 Å². The van der Waals surface area contributed by atoms with E-state index in [9.17, 15) is 5.11 Å². The Morgan fingerprint density at radius 2 is 1.94 bits per heavy atom. The summed E-state index contributed by atoms with van der Waals surface area (Å²) >= 11 is 0. The predicted molar refractivity (Wildman–Crippen MR) is 70.8 cm³/mol. The number of hydrogen-bond donors (Lipinski definition) is 2. The van der Waals surface area contributed by atoms with Crippen molar-refractivity contribution in [1.29, 1.82) is 0 Å². The molecule has 0 amide bonds. The van der Waals surface area contributed by atoms with Gasteiger partial charge in [0.15, 0.2) is 0 Å². The maximum absolute atomic E-state index is 9.25. The highest BCUT2D eigenvalue weighted by atomic mass is 16.3. The first kappa shape index (κ1) is 15.9. The van der Waals surface area contributed by atoms with Crippen molar-refractivity contribution in [3.8, 4) is 0 Å². The van der Waals surface area contributed by atoms with Crippen LogP contribution in [0.3, 0.4) is 0 Å². The van der Waals surface area contributed by atoms with E-state index in [0.717, 1.165) is 32.5 Å². The van der Waals surface area contributed by atoms with Gasteiger partial charge in [0.2, 0.25) is 0 Å². The molecule has 0 fully saturated rings. The molecule has 0 aromatic rings. The second-order valence-electron chi connectivity index (χ2n) is 4.51. The third-order valence-corrected chi connectivity index (χ3v) is 3.29. The predicted octanol–water partition coefficient (Wildman–Crippen LogP) is 1.86. The van der Waals surface area contributed by atoms with Crippen molar-refractivity contribution in [2.75, 3.05) is 26.2 Å². The first-order valence-corrected chi connectivity index (χ1v) is 6.77. The number of aliphatic hydroxyl groups excluding tert-OH is 1. The smallest absolute Gasteiger partial charge is 0.0585 e. The number of rotatable bonds is 10. The lowest BCUT2D eigenvalue weighted by molar-refractivity contribution is 0.179. The zero-order chi connectivity index (χ0) is 12.4. The number of aliphatic hydroxyl groups is 1. The van der Waals surface area contributed by atoms with Gasteiger partial charge in [0.25, 0.3) is 0 Å². The SMILES string of the molecule is CCCNC(CO)CCN(CC)C(C)CC. The van der Waals surface area contributed by atoms with Crippen molar-refractivity contribution in [3.63, 3.8) is 0 Å². The van der Waals surface area contributed by atoms with Crippen LogP contribution in [0, 0.1) is 0 Å². The van der Waals surface area contributed by atoms with Crippen molar-refractivity contribution < 1.29 is 5.11 Å². The molecule has 0 bridgehead atoms. The van der Waals surface area contributed by atoms with Gasteiger partial charge in [-0.05, 0) is 45.8 Å². The van der Waals surface area contributed by atoms with Crippen molar-refractivity contribution in [1.82, 2.24) is 10.2 Å². The van der Waals surface area contributed by atoms with Crippen molar-refractivity contribution >= 4 is 0 Å². The molecule has 0 saturated carbocycles. The van der Waals surface area contributed by atoms with E-state index in [4.69, 9.17) is 0 Å². The van der Waals surface area contributed by atoms with Gasteiger partial charge in [0, 0.05) is 12.1 Å². The van der Waals surface area contributed by atoms with Gasteiger partial charge in [-0.15, -0.1) is 0 Å². The van der Waals surface area contributed by atoms with Gasteiger partial charge in [-0.3, -0.25) is 0 Å². The summed E-state index contributed by atoms with van der Waals surface area (Å²) < 4.78 is 0. The minimum absolute atomic E-state index is 0.248. The summed E-state index contributed by atoms with van der Waals surface area (Å²) in [6.45, 7) is 12.3. The van der Waals surface area contributed by atoms with E-state index in [1.807, 2.05) is 0 Å². The van der Waals surface area contributed by atoms with Crippen LogP contribution in [0.15, 0.2) is 0 Å². The minimum atomic E-state index is 0.248. The molecular weight excluding hydrogens is 200 g/mol. The summed E-state index contributed by atoms with van der Waals surface area (Å²) in [5, 5.41) is 12.6. The molecule has 16 heavy (non-hydrogen) atoms. The second kappa shape index (κ2) is 10.1. The van der Waals surface area contributed by atoms with Crippen LogP contribution in [0.1, 0.15) is 47.0 Å². The molecule has 0 heterocycles. The monoisotopic (exact) mass is 230 g/mol. The van der Waals surface area contributed by atoms with E-state index in [1.54, 1.807) is 0 Å². The topological polar surface area (TPSA) is 35.5 Å². The standard InChI is InChI=1S/C13H30N2O/c1-5-9-14-13(11-16)8-10-15(7-3)12(4)6-2/h12-14,16H,5-11H2,1-4H3. The summed E-state index contributed by atoms with van der Waals surface area (Å²) in [6, 6.07) is 0.911. The summed E-state index contributed by atoms with van der Waals surface area (Å²) in [5.74, 6) is 0. The van der Waals surface area contributed by atoms with E-state index in [2.05, 4.69) is 37.9 Å². The Kier molecular flexibility index (Phi) is 9.99. The van der Waals surface area contributed by atoms with Crippen LogP contribution in [-0.4, -0.2) is 48.3 Å². The molecule has 0 aromatic heterocycles. The van der Waals surface area contributed by atoms with Crippen LogP contribution in [0.25, 0.3) is 0 Å². The molecular formula is C13H30N2O. The van der Waals surface area contributed by atoms with Crippen LogP contribution in [0.2, 0.25) is 0 Å². The van der Waals surface area contributed by atoms with Crippen LogP contribution in [0.4, 0.5) is 0 Å². The molecule has 0 aliphatic carbocycles. The van der Waals surface area contributed by atoms with Gasteiger partial charge < -0.3 is 15.3 Å². The molecule has 0 aliphatic rings. The highest BCUT2D eigenvalue weighted by Crippen LogP contribution is 2.05. The Hall–Kier alpha value is -0.120. The molecule has 0 saturated heterocycles. The largest absolute Gasteiger partial charge is 0.395 e. The Labute approximate surface area is 101 Å². The lowest BCUT2D eigenvalue weighted by Crippen LogP contribution is -2.39. The molecule has 3 nitrogen and oxygen atoms in total. The molecule has 0 aromatic carbocycles. The lowest BCUT2D eigenvalue weighted by Gasteiger charge is -2.28. The van der Waals surface area contributed by atoms with Crippen molar-refractivity contribution in [2.45, 2.75) is 59.0 Å². The van der Waals surface area contributed by atoms with Gasteiger partial charge in [-0.1, -0.05) is 20.8 Å². The highest BCUT2D eigenvalue weighted by Gasteiger charge is 2.12. The quantitative estimate of drug-likeness (QED) is 0.601. The second-order valence-corrected chi connectivity index (χ2v) is 4.51. The van der Waals surface area contributed by atoms with E-state index in [1.165, 1.54) is 6.42 Å². The van der Waals surface area contributed by atoms with E-state index in [0.29, 0.717) is 6.04 Å². The van der Waals surface area contributed by atoms with Crippen LogP contribution in [0.5, 0.6) is 0 Å². The molecule has 98 valence electrons. The Balaban J connectivity index is 3.87. The molecule has 0 rings (SSSR count). The van der Waals surface area contributed by atoms with Gasteiger partial charge in [-0.25, -0.2) is 0 Å². The lowest BCUT2D eigenvalue weighted by atomic mass is 10.1. The average Bonchev–Trinajstić information content (AvgIpc) is 2.33. The van der Waals surface area contributed by atoms with Crippen molar-refractivity contribution in [2.24, 2.45) is 0 Å². The molecule has 2 N–H and O–H groups in total. The van der Waals surface area contributed by atoms with Gasteiger partial charge in [0.05, 0.1) is 6.61 Å². The van der Waals surface area contributed by atoms with E-state index >= 15 is 0 Å². The fourth-order valence-corrected chi connectivity index (χ4v) is 1.88. The van der Waals surface area contributed by atoms with Crippen LogP contribution < -0.4 is 5.32 Å². The fraction of sp³-hybridized carbons (Fsp3) is 1.00. The Bertz CT molecular complexity index is 153. The number of nitrogens with one attached hydrogen (secondary N) is 1. The highest BCUT2D eigenvalue weighted by molar-refractivity contribution is 4.70. The summed E-state index contributed by atoms with van der Waals surface area (Å²) in [5.41, 5.74) is 0. The normalized spacial score (nSPS) is 15.4. The maximum atomic E-state index is 9.25. The molecule has 0 spiro atoms. The third kappa shape index (κ3) is 6.46. The molecule has 2 atom stereocenters. The molecule has 2 unspecified atom stereocenters. The van der Waals surface area contributed by atoms with Gasteiger partial charge in [0.1, 0.15) is 0 Å². The molecule has 0 radical (unpaired) electrons. The summed E-state index contributed by atoms with van der Waals surface area (Å²) in [4.78, 5) is 2.48. The fourth-order valence-electron chi connectivity index (χ4n) is 1.88. The van der Waals surface area contributed by atoms with Gasteiger partial charge >= 0.3 is 0 Å². The maximum Gasteiger partial charge on any atom is 0.0585 e. The summed E-state index contributed by atoms with van der Waals surface area (Å²) in [7, 11) is 0. The van der Waals surface area contributed by atoms with E-state index < -0.39 is 0 Å². The third-order valence-electron chi connectivity index (χ3n) is 3.29. The zero-order valence-corrected chi connectivity index (χ0v) is 11.5. The zero-order valence-electron chi connectivity index (χ0n) is 11.5. The van der Waals surface area contributed by atoms with Crippen LogP contribution >= 0.6 is 0 Å². The van der Waals surface area contributed by atoms with E-state index in [-0.39, 0.29) is 12.6 Å².